The predicted molar refractivity (Wildman–Crippen MR) is 96.6 cm³/mol. The molecule has 0 aliphatic rings. The van der Waals surface area contributed by atoms with Crippen LogP contribution in [0.3, 0.4) is 0 Å². The monoisotopic (exact) mass is 412 g/mol. The minimum atomic E-state index is -3.68. The van der Waals surface area contributed by atoms with Crippen LogP contribution in [-0.4, -0.2) is 38.1 Å². The van der Waals surface area contributed by atoms with Gasteiger partial charge in [0.2, 0.25) is 0 Å². The van der Waals surface area contributed by atoms with Crippen molar-refractivity contribution in [2.24, 2.45) is 0 Å². The van der Waals surface area contributed by atoms with Gasteiger partial charge in [0.25, 0.3) is 11.6 Å². The number of sulfone groups is 1. The number of benzene rings is 2. The van der Waals surface area contributed by atoms with Gasteiger partial charge in [-0.05, 0) is 24.3 Å². The number of ether oxygens (including phenoxy) is 1. The van der Waals surface area contributed by atoms with Gasteiger partial charge in [0.05, 0.1) is 15.4 Å². The minimum absolute atomic E-state index is 0.162. The van der Waals surface area contributed by atoms with E-state index in [0.717, 1.165) is 12.3 Å². The molecule has 0 bridgehead atoms. The number of rotatable bonds is 6. The lowest BCUT2D eigenvalue weighted by Crippen LogP contribution is -2.22. The third kappa shape index (κ3) is 5.25. The summed E-state index contributed by atoms with van der Waals surface area (Å²) in [5.74, 6) is -1.88. The standard InChI is InChI=1S/C16H13ClN2O7S/c1-27(24,25)14-5-3-2-4-11(14)16(21)26-9-15(20)18-12-8-10(17)6-7-13(12)19(22)23/h2-8H,9H2,1H3,(H,18,20). The average molecular weight is 413 g/mol. The van der Waals surface area contributed by atoms with Crippen LogP contribution in [-0.2, 0) is 19.4 Å². The SMILES string of the molecule is CS(=O)(=O)c1ccccc1C(=O)OCC(=O)Nc1cc(Cl)ccc1[N+](=O)[O-]. The zero-order chi connectivity index (χ0) is 20.2. The van der Waals surface area contributed by atoms with Crippen molar-refractivity contribution in [3.05, 3.63) is 63.2 Å². The average Bonchev–Trinajstić information content (AvgIpc) is 2.58. The fourth-order valence-electron chi connectivity index (χ4n) is 2.12. The highest BCUT2D eigenvalue weighted by atomic mass is 35.5. The van der Waals surface area contributed by atoms with E-state index in [9.17, 15) is 28.1 Å². The van der Waals surface area contributed by atoms with Crippen LogP contribution in [0.15, 0.2) is 47.4 Å². The highest BCUT2D eigenvalue weighted by Gasteiger charge is 2.21. The van der Waals surface area contributed by atoms with E-state index in [1.807, 2.05) is 0 Å². The highest BCUT2D eigenvalue weighted by Crippen LogP contribution is 2.27. The molecule has 2 rings (SSSR count). The van der Waals surface area contributed by atoms with Crippen molar-refractivity contribution in [3.8, 4) is 0 Å². The number of halogens is 1. The van der Waals surface area contributed by atoms with Crippen LogP contribution >= 0.6 is 11.6 Å². The minimum Gasteiger partial charge on any atom is -0.452 e. The fraction of sp³-hybridized carbons (Fsp3) is 0.125. The molecule has 0 saturated carbocycles. The van der Waals surface area contributed by atoms with Crippen LogP contribution < -0.4 is 5.32 Å². The Labute approximate surface area is 159 Å². The maximum absolute atomic E-state index is 12.1. The van der Waals surface area contributed by atoms with E-state index in [-0.39, 0.29) is 26.9 Å². The van der Waals surface area contributed by atoms with Gasteiger partial charge in [-0.25, -0.2) is 13.2 Å². The summed E-state index contributed by atoms with van der Waals surface area (Å²) in [6, 6.07) is 8.96. The molecule has 0 aliphatic carbocycles. The normalized spacial score (nSPS) is 10.9. The molecule has 1 amide bonds. The van der Waals surface area contributed by atoms with Gasteiger partial charge in [0.15, 0.2) is 16.4 Å². The van der Waals surface area contributed by atoms with Gasteiger partial charge < -0.3 is 10.1 Å². The molecule has 11 heteroatoms. The maximum Gasteiger partial charge on any atom is 0.339 e. The van der Waals surface area contributed by atoms with Crippen LogP contribution in [0, 0.1) is 10.1 Å². The molecule has 0 spiro atoms. The molecule has 2 aromatic carbocycles. The summed E-state index contributed by atoms with van der Waals surface area (Å²) in [6.45, 7) is -0.777. The molecule has 0 aromatic heterocycles. The Kier molecular flexibility index (Phi) is 6.13. The molecule has 0 heterocycles. The summed E-state index contributed by atoms with van der Waals surface area (Å²) in [4.78, 5) is 34.1. The van der Waals surface area contributed by atoms with Crippen LogP contribution in [0.5, 0.6) is 0 Å². The lowest BCUT2D eigenvalue weighted by Gasteiger charge is -2.09. The third-order valence-corrected chi connectivity index (χ3v) is 4.66. The maximum atomic E-state index is 12.1. The van der Waals surface area contributed by atoms with E-state index in [1.54, 1.807) is 0 Å². The van der Waals surface area contributed by atoms with Crippen LogP contribution in [0.2, 0.25) is 5.02 Å². The van der Waals surface area contributed by atoms with E-state index in [2.05, 4.69) is 5.32 Å². The first kappa shape index (κ1) is 20.3. The van der Waals surface area contributed by atoms with Gasteiger partial charge in [0.1, 0.15) is 5.69 Å². The molecule has 0 unspecified atom stereocenters. The number of amides is 1. The van der Waals surface area contributed by atoms with E-state index in [4.69, 9.17) is 16.3 Å². The number of carbonyl (C=O) groups excluding carboxylic acids is 2. The number of hydrogen-bond donors (Lipinski definition) is 1. The van der Waals surface area contributed by atoms with E-state index in [0.29, 0.717) is 0 Å². The fourth-order valence-corrected chi connectivity index (χ4v) is 3.17. The first-order chi connectivity index (χ1) is 12.6. The largest absolute Gasteiger partial charge is 0.452 e. The topological polar surface area (TPSA) is 133 Å². The van der Waals surface area contributed by atoms with Crippen molar-refractivity contribution in [2.45, 2.75) is 4.90 Å². The van der Waals surface area contributed by atoms with Crippen molar-refractivity contribution >= 4 is 44.7 Å². The number of esters is 1. The summed E-state index contributed by atoms with van der Waals surface area (Å²) < 4.78 is 28.2. The lowest BCUT2D eigenvalue weighted by molar-refractivity contribution is -0.383. The molecule has 9 nitrogen and oxygen atoms in total. The van der Waals surface area contributed by atoms with Crippen molar-refractivity contribution < 1.29 is 27.7 Å². The van der Waals surface area contributed by atoms with Crippen molar-refractivity contribution in [1.29, 1.82) is 0 Å². The molecule has 1 N–H and O–H groups in total. The Balaban J connectivity index is 2.11. The molecule has 0 atom stereocenters. The molecule has 142 valence electrons. The number of carbonyl (C=O) groups is 2. The summed E-state index contributed by atoms with van der Waals surface area (Å²) in [5.41, 5.74) is -0.770. The van der Waals surface area contributed by atoms with Gasteiger partial charge in [-0.3, -0.25) is 14.9 Å². The van der Waals surface area contributed by atoms with Gasteiger partial charge in [-0.15, -0.1) is 0 Å². The summed E-state index contributed by atoms with van der Waals surface area (Å²) in [6.07, 6.45) is 0.935. The van der Waals surface area contributed by atoms with Crippen LogP contribution in [0.1, 0.15) is 10.4 Å². The van der Waals surface area contributed by atoms with Crippen molar-refractivity contribution in [3.63, 3.8) is 0 Å². The molecule has 0 fully saturated rings. The zero-order valence-electron chi connectivity index (χ0n) is 13.8. The van der Waals surface area contributed by atoms with Gasteiger partial charge >= 0.3 is 5.97 Å². The number of nitrogens with one attached hydrogen (secondary N) is 1. The van der Waals surface area contributed by atoms with Gasteiger partial charge in [-0.1, -0.05) is 23.7 Å². The zero-order valence-corrected chi connectivity index (χ0v) is 15.4. The molecular weight excluding hydrogens is 400 g/mol. The van der Waals surface area contributed by atoms with Crippen LogP contribution in [0.4, 0.5) is 11.4 Å². The van der Waals surface area contributed by atoms with Crippen molar-refractivity contribution in [1.82, 2.24) is 0 Å². The Hall–Kier alpha value is -2.98. The molecule has 2 aromatic rings. The third-order valence-electron chi connectivity index (χ3n) is 3.27. The number of nitrogens with zero attached hydrogens (tertiary/aromatic N) is 1. The number of nitro groups is 1. The quantitative estimate of drug-likeness (QED) is 0.437. The van der Waals surface area contributed by atoms with Crippen LogP contribution in [0.25, 0.3) is 0 Å². The Morgan fingerprint density at radius 2 is 1.89 bits per heavy atom. The van der Waals surface area contributed by atoms with Gasteiger partial charge in [0, 0.05) is 17.3 Å². The second-order valence-electron chi connectivity index (χ2n) is 5.31. The Bertz CT molecular complexity index is 1020. The number of nitro benzene ring substituents is 1. The Morgan fingerprint density at radius 1 is 1.22 bits per heavy atom. The molecule has 0 aliphatic heterocycles. The summed E-state index contributed by atoms with van der Waals surface area (Å²) in [7, 11) is -3.68. The molecule has 0 radical (unpaired) electrons. The second kappa shape index (κ2) is 8.14. The Morgan fingerprint density at radius 3 is 2.52 bits per heavy atom. The van der Waals surface area contributed by atoms with E-state index in [1.165, 1.54) is 36.4 Å². The smallest absolute Gasteiger partial charge is 0.339 e. The van der Waals surface area contributed by atoms with Gasteiger partial charge in [-0.2, -0.15) is 0 Å². The highest BCUT2D eigenvalue weighted by molar-refractivity contribution is 7.90. The van der Waals surface area contributed by atoms with E-state index < -0.39 is 33.2 Å². The van der Waals surface area contributed by atoms with Crippen molar-refractivity contribution in [2.75, 3.05) is 18.2 Å². The first-order valence-corrected chi connectivity index (χ1v) is 9.56. The van der Waals surface area contributed by atoms with E-state index >= 15 is 0 Å². The first-order valence-electron chi connectivity index (χ1n) is 7.29. The summed E-state index contributed by atoms with van der Waals surface area (Å²) >= 11 is 5.76. The predicted octanol–water partition coefficient (Wildman–Crippen LogP) is 2.45. The number of hydrogen-bond acceptors (Lipinski definition) is 7. The summed E-state index contributed by atoms with van der Waals surface area (Å²) in [5, 5.41) is 13.4. The molecule has 27 heavy (non-hydrogen) atoms. The second-order valence-corrected chi connectivity index (χ2v) is 7.73. The lowest BCUT2D eigenvalue weighted by atomic mass is 10.2. The molecular formula is C16H13ClN2O7S. The number of anilines is 1. The molecule has 0 saturated heterocycles.